The predicted octanol–water partition coefficient (Wildman–Crippen LogP) is 1.33. The van der Waals surface area contributed by atoms with Crippen molar-refractivity contribution in [2.75, 3.05) is 26.3 Å². The fourth-order valence-electron chi connectivity index (χ4n) is 3.35. The highest BCUT2D eigenvalue weighted by molar-refractivity contribution is 6.04. The normalized spacial score (nSPS) is 15.3. The predicted molar refractivity (Wildman–Crippen MR) is 94.3 cm³/mol. The van der Waals surface area contributed by atoms with Crippen LogP contribution in [0.3, 0.4) is 0 Å². The van der Waals surface area contributed by atoms with Crippen molar-refractivity contribution in [3.63, 3.8) is 0 Å². The lowest BCUT2D eigenvalue weighted by molar-refractivity contribution is -0.132. The number of amides is 2. The molecule has 0 saturated carbocycles. The highest BCUT2D eigenvalue weighted by Gasteiger charge is 2.23. The number of benzene rings is 1. The maximum absolute atomic E-state index is 12.5. The van der Waals surface area contributed by atoms with Gasteiger partial charge in [-0.15, -0.1) is 0 Å². The summed E-state index contributed by atoms with van der Waals surface area (Å²) >= 11 is 0. The van der Waals surface area contributed by atoms with Crippen LogP contribution in [0.4, 0.5) is 0 Å². The Balaban J connectivity index is 1.62. The van der Waals surface area contributed by atoms with E-state index in [1.54, 1.807) is 11.6 Å². The molecule has 1 aliphatic rings. The molecular weight excluding hydrogens is 320 g/mol. The molecule has 0 radical (unpaired) electrons. The summed E-state index contributed by atoms with van der Waals surface area (Å²) in [5.74, 6) is -0.184. The third-order valence-corrected chi connectivity index (χ3v) is 4.65. The fourth-order valence-corrected chi connectivity index (χ4v) is 3.35. The van der Waals surface area contributed by atoms with E-state index in [1.165, 1.54) is 0 Å². The van der Waals surface area contributed by atoms with E-state index < -0.39 is 0 Å². The van der Waals surface area contributed by atoms with Crippen LogP contribution >= 0.6 is 0 Å². The van der Waals surface area contributed by atoms with Gasteiger partial charge in [0, 0.05) is 51.7 Å². The zero-order valence-corrected chi connectivity index (χ0v) is 14.7. The maximum atomic E-state index is 12.5. The summed E-state index contributed by atoms with van der Waals surface area (Å²) in [6.07, 6.45) is 1.69. The lowest BCUT2D eigenvalue weighted by Gasteiger charge is -2.33. The monoisotopic (exact) mass is 344 g/mol. The summed E-state index contributed by atoms with van der Waals surface area (Å²) in [6, 6.07) is 7.83. The average molecular weight is 344 g/mol. The standard InChI is InChI=1S/C18H24N4O3/c1-13(23)22(14-7-11-25-12-8-14)10-9-19-18(24)17-15-5-3-4-6-16(15)21(2)20-17/h3-6,14H,7-12H2,1-2H3,(H,19,24). The largest absolute Gasteiger partial charge is 0.381 e. The quantitative estimate of drug-likeness (QED) is 0.888. The number of carbonyl (C=O) groups is 2. The first-order valence-corrected chi connectivity index (χ1v) is 8.63. The molecule has 0 bridgehead atoms. The molecule has 7 heteroatoms. The van der Waals surface area contributed by atoms with Crippen LogP contribution in [0.2, 0.25) is 0 Å². The van der Waals surface area contributed by atoms with Crippen molar-refractivity contribution in [2.45, 2.75) is 25.8 Å². The number of para-hydroxylation sites is 1. The van der Waals surface area contributed by atoms with E-state index >= 15 is 0 Å². The second kappa shape index (κ2) is 7.65. The van der Waals surface area contributed by atoms with Crippen molar-refractivity contribution >= 4 is 22.7 Å². The second-order valence-electron chi connectivity index (χ2n) is 6.30. The van der Waals surface area contributed by atoms with Gasteiger partial charge in [0.1, 0.15) is 0 Å². The molecule has 134 valence electrons. The smallest absolute Gasteiger partial charge is 0.272 e. The third kappa shape index (κ3) is 3.82. The Morgan fingerprint density at radius 3 is 2.76 bits per heavy atom. The zero-order chi connectivity index (χ0) is 17.8. The van der Waals surface area contributed by atoms with Crippen molar-refractivity contribution in [1.82, 2.24) is 20.0 Å². The molecule has 1 aromatic heterocycles. The van der Waals surface area contributed by atoms with E-state index in [0.717, 1.165) is 23.7 Å². The minimum Gasteiger partial charge on any atom is -0.381 e. The number of ether oxygens (including phenoxy) is 1. The molecular formula is C18H24N4O3. The van der Waals surface area contributed by atoms with Crippen molar-refractivity contribution < 1.29 is 14.3 Å². The first-order chi connectivity index (χ1) is 12.1. The van der Waals surface area contributed by atoms with Crippen LogP contribution in [0.1, 0.15) is 30.3 Å². The number of hydrogen-bond acceptors (Lipinski definition) is 4. The first-order valence-electron chi connectivity index (χ1n) is 8.63. The molecule has 1 fully saturated rings. The summed E-state index contributed by atoms with van der Waals surface area (Å²) in [6.45, 7) is 3.84. The number of nitrogens with one attached hydrogen (secondary N) is 1. The van der Waals surface area contributed by atoms with Gasteiger partial charge in [0.25, 0.3) is 5.91 Å². The first kappa shape index (κ1) is 17.4. The van der Waals surface area contributed by atoms with Crippen LogP contribution in [0, 0.1) is 0 Å². The van der Waals surface area contributed by atoms with Gasteiger partial charge in [0.15, 0.2) is 5.69 Å². The molecule has 25 heavy (non-hydrogen) atoms. The van der Waals surface area contributed by atoms with E-state index in [9.17, 15) is 9.59 Å². The van der Waals surface area contributed by atoms with Gasteiger partial charge < -0.3 is 15.0 Å². The van der Waals surface area contributed by atoms with Crippen LogP contribution in [0.25, 0.3) is 10.9 Å². The van der Waals surface area contributed by atoms with Gasteiger partial charge in [-0.05, 0) is 18.9 Å². The number of aryl methyl sites for hydroxylation is 1. The highest BCUT2D eigenvalue weighted by atomic mass is 16.5. The summed E-state index contributed by atoms with van der Waals surface area (Å²) < 4.78 is 7.06. The van der Waals surface area contributed by atoms with Gasteiger partial charge in [-0.2, -0.15) is 5.10 Å². The van der Waals surface area contributed by atoms with Gasteiger partial charge in [-0.1, -0.05) is 18.2 Å². The van der Waals surface area contributed by atoms with Crippen LogP contribution < -0.4 is 5.32 Å². The van der Waals surface area contributed by atoms with E-state index in [1.807, 2.05) is 36.2 Å². The van der Waals surface area contributed by atoms with Crippen molar-refractivity contribution in [3.05, 3.63) is 30.0 Å². The number of fused-ring (bicyclic) bond motifs is 1. The number of nitrogens with zero attached hydrogens (tertiary/aromatic N) is 3. The average Bonchev–Trinajstić information content (AvgIpc) is 2.96. The van der Waals surface area contributed by atoms with Crippen LogP contribution in [-0.4, -0.2) is 58.8 Å². The lowest BCUT2D eigenvalue weighted by atomic mass is 10.1. The molecule has 1 N–H and O–H groups in total. The third-order valence-electron chi connectivity index (χ3n) is 4.65. The van der Waals surface area contributed by atoms with Crippen LogP contribution in [0.15, 0.2) is 24.3 Å². The minimum absolute atomic E-state index is 0.0319. The Kier molecular flexibility index (Phi) is 5.33. The summed E-state index contributed by atoms with van der Waals surface area (Å²) in [5, 5.41) is 8.04. The van der Waals surface area contributed by atoms with E-state index in [2.05, 4.69) is 10.4 Å². The molecule has 2 aromatic rings. The molecule has 2 heterocycles. The lowest BCUT2D eigenvalue weighted by Crippen LogP contribution is -2.46. The molecule has 1 aromatic carbocycles. The van der Waals surface area contributed by atoms with E-state index in [4.69, 9.17) is 4.74 Å². The van der Waals surface area contributed by atoms with Crippen LogP contribution in [0.5, 0.6) is 0 Å². The Bertz CT molecular complexity index is 765. The minimum atomic E-state index is -0.215. The summed E-state index contributed by atoms with van der Waals surface area (Å²) in [7, 11) is 1.82. The van der Waals surface area contributed by atoms with E-state index in [-0.39, 0.29) is 17.9 Å². The number of aromatic nitrogens is 2. The molecule has 7 nitrogen and oxygen atoms in total. The topological polar surface area (TPSA) is 76.5 Å². The molecule has 1 saturated heterocycles. The summed E-state index contributed by atoms with van der Waals surface area (Å²) in [5.41, 5.74) is 1.33. The molecule has 0 aliphatic carbocycles. The maximum Gasteiger partial charge on any atom is 0.272 e. The number of carbonyl (C=O) groups excluding carboxylic acids is 2. The van der Waals surface area contributed by atoms with Gasteiger partial charge in [-0.25, -0.2) is 0 Å². The molecule has 3 rings (SSSR count). The number of hydrogen-bond donors (Lipinski definition) is 1. The summed E-state index contributed by atoms with van der Waals surface area (Å²) in [4.78, 5) is 26.2. The molecule has 0 spiro atoms. The van der Waals surface area contributed by atoms with Gasteiger partial charge >= 0.3 is 0 Å². The fraction of sp³-hybridized carbons (Fsp3) is 0.500. The molecule has 0 unspecified atom stereocenters. The Hall–Kier alpha value is -2.41. The van der Waals surface area contributed by atoms with Crippen molar-refractivity contribution in [2.24, 2.45) is 7.05 Å². The zero-order valence-electron chi connectivity index (χ0n) is 14.7. The van der Waals surface area contributed by atoms with E-state index in [0.29, 0.717) is 32.0 Å². The highest BCUT2D eigenvalue weighted by Crippen LogP contribution is 2.17. The SMILES string of the molecule is CC(=O)N(CCNC(=O)c1nn(C)c2ccccc12)C1CCOCC1. The molecule has 1 aliphatic heterocycles. The Morgan fingerprint density at radius 2 is 2.04 bits per heavy atom. The Morgan fingerprint density at radius 1 is 1.32 bits per heavy atom. The van der Waals surface area contributed by atoms with Crippen molar-refractivity contribution in [1.29, 1.82) is 0 Å². The number of rotatable bonds is 5. The Labute approximate surface area is 146 Å². The second-order valence-corrected chi connectivity index (χ2v) is 6.30. The van der Waals surface area contributed by atoms with Gasteiger partial charge in [0.2, 0.25) is 5.91 Å². The molecule has 2 amide bonds. The van der Waals surface area contributed by atoms with Crippen LogP contribution in [-0.2, 0) is 16.6 Å². The van der Waals surface area contributed by atoms with Gasteiger partial charge in [0.05, 0.1) is 5.52 Å². The van der Waals surface area contributed by atoms with Gasteiger partial charge in [-0.3, -0.25) is 14.3 Å². The molecule has 0 atom stereocenters. The van der Waals surface area contributed by atoms with Crippen molar-refractivity contribution in [3.8, 4) is 0 Å².